The van der Waals surface area contributed by atoms with Crippen LogP contribution in [0.5, 0.6) is 5.75 Å². The minimum atomic E-state index is -1.10. The first-order valence-corrected chi connectivity index (χ1v) is 7.91. The first kappa shape index (κ1) is 17.8. The van der Waals surface area contributed by atoms with E-state index in [1.807, 2.05) is 0 Å². The van der Waals surface area contributed by atoms with Crippen molar-refractivity contribution >= 4 is 11.6 Å². The number of fused-ring (bicyclic) bond motifs is 1. The highest BCUT2D eigenvalue weighted by Gasteiger charge is 2.44. The lowest BCUT2D eigenvalue weighted by molar-refractivity contribution is -0.385. The lowest BCUT2D eigenvalue weighted by atomic mass is 9.86. The number of nitrogens with zero attached hydrogens (tertiary/aromatic N) is 1. The fourth-order valence-electron chi connectivity index (χ4n) is 2.88. The summed E-state index contributed by atoms with van der Waals surface area (Å²) in [6.07, 6.45) is -1.10. The highest BCUT2D eigenvalue weighted by atomic mass is 19.1. The third-order valence-corrected chi connectivity index (χ3v) is 4.34. The predicted molar refractivity (Wildman–Crippen MR) is 90.4 cm³/mol. The lowest BCUT2D eigenvalue weighted by Crippen LogP contribution is -2.53. The third-order valence-electron chi connectivity index (χ3n) is 4.34. The number of non-ortho nitro benzene ring substituents is 1. The van der Waals surface area contributed by atoms with Crippen LogP contribution in [0.25, 0.3) is 0 Å². The summed E-state index contributed by atoms with van der Waals surface area (Å²) in [6.45, 7) is 3.24. The number of amides is 1. The second-order valence-corrected chi connectivity index (χ2v) is 6.59. The van der Waals surface area contributed by atoms with Crippen LogP contribution in [0.3, 0.4) is 0 Å². The number of hydrogen-bond acceptors (Lipinski definition) is 5. The molecule has 0 fully saturated rings. The van der Waals surface area contributed by atoms with E-state index in [4.69, 9.17) is 4.74 Å². The monoisotopic (exact) mass is 360 g/mol. The number of ether oxygens (including phenoxy) is 1. The first-order chi connectivity index (χ1) is 12.2. The molecule has 0 radical (unpaired) electrons. The Hall–Kier alpha value is -3.00. The Labute approximate surface area is 148 Å². The van der Waals surface area contributed by atoms with Crippen molar-refractivity contribution in [2.45, 2.75) is 31.6 Å². The van der Waals surface area contributed by atoms with Gasteiger partial charge >= 0.3 is 0 Å². The molecular formula is C18H17FN2O5. The molecule has 0 aliphatic carbocycles. The predicted octanol–water partition coefficient (Wildman–Crippen LogP) is 2.74. The maximum absolute atomic E-state index is 13.0. The standard InChI is InChI=1S/C18H17FN2O5/c1-18(2)16(22)15(20-17(23)10-3-5-11(19)6-4-10)13-8-7-12(21(24)25)9-14(13)26-18/h3-9,15-16,22H,1-2H3,(H,20,23). The number of benzene rings is 2. The molecular weight excluding hydrogens is 343 g/mol. The topological polar surface area (TPSA) is 102 Å². The van der Waals surface area contributed by atoms with Gasteiger partial charge in [-0.25, -0.2) is 4.39 Å². The Morgan fingerprint density at radius 3 is 2.54 bits per heavy atom. The fourth-order valence-corrected chi connectivity index (χ4v) is 2.88. The molecule has 7 nitrogen and oxygen atoms in total. The van der Waals surface area contributed by atoms with E-state index in [1.165, 1.54) is 30.3 Å². The SMILES string of the molecule is CC1(C)Oc2cc([N+](=O)[O-])ccc2C(NC(=O)c2ccc(F)cc2)C1O. The van der Waals surface area contributed by atoms with Crippen molar-refractivity contribution in [1.82, 2.24) is 5.32 Å². The van der Waals surface area contributed by atoms with E-state index < -0.39 is 34.4 Å². The number of rotatable bonds is 3. The molecule has 26 heavy (non-hydrogen) atoms. The molecule has 1 aliphatic heterocycles. The van der Waals surface area contributed by atoms with Gasteiger partial charge in [0.1, 0.15) is 23.3 Å². The Kier molecular flexibility index (Phi) is 4.37. The minimum absolute atomic E-state index is 0.153. The van der Waals surface area contributed by atoms with Crippen molar-refractivity contribution in [2.24, 2.45) is 0 Å². The molecule has 2 aromatic rings. The zero-order chi connectivity index (χ0) is 19.1. The molecule has 2 aromatic carbocycles. The number of nitrogens with one attached hydrogen (secondary N) is 1. The zero-order valence-corrected chi connectivity index (χ0v) is 14.1. The van der Waals surface area contributed by atoms with E-state index in [9.17, 15) is 24.4 Å². The smallest absolute Gasteiger partial charge is 0.273 e. The number of hydrogen-bond donors (Lipinski definition) is 2. The van der Waals surface area contributed by atoms with Crippen LogP contribution >= 0.6 is 0 Å². The third kappa shape index (κ3) is 3.23. The summed E-state index contributed by atoms with van der Waals surface area (Å²) >= 11 is 0. The molecule has 1 aliphatic rings. The highest BCUT2D eigenvalue weighted by molar-refractivity contribution is 5.94. The Morgan fingerprint density at radius 2 is 1.92 bits per heavy atom. The normalized spacial score (nSPS) is 20.6. The van der Waals surface area contributed by atoms with E-state index in [0.29, 0.717) is 5.56 Å². The van der Waals surface area contributed by atoms with E-state index in [-0.39, 0.29) is 17.0 Å². The maximum atomic E-state index is 13.0. The van der Waals surface area contributed by atoms with Gasteiger partial charge in [0.05, 0.1) is 17.0 Å². The number of aliphatic hydroxyl groups is 1. The van der Waals surface area contributed by atoms with Crippen molar-refractivity contribution in [1.29, 1.82) is 0 Å². The quantitative estimate of drug-likeness (QED) is 0.647. The lowest BCUT2D eigenvalue weighted by Gasteiger charge is -2.42. The van der Waals surface area contributed by atoms with Crippen LogP contribution < -0.4 is 10.1 Å². The van der Waals surface area contributed by atoms with Gasteiger partial charge in [-0.05, 0) is 44.2 Å². The van der Waals surface area contributed by atoms with Crippen LogP contribution in [0, 0.1) is 15.9 Å². The number of nitro groups is 1. The van der Waals surface area contributed by atoms with E-state index in [0.717, 1.165) is 12.1 Å². The Bertz CT molecular complexity index is 866. The van der Waals surface area contributed by atoms with Gasteiger partial charge in [0.2, 0.25) is 0 Å². The summed E-state index contributed by atoms with van der Waals surface area (Å²) in [4.78, 5) is 22.9. The van der Waals surface area contributed by atoms with Crippen molar-refractivity contribution in [3.63, 3.8) is 0 Å². The van der Waals surface area contributed by atoms with Crippen LogP contribution in [0.2, 0.25) is 0 Å². The van der Waals surface area contributed by atoms with Crippen LogP contribution in [-0.2, 0) is 0 Å². The molecule has 2 N–H and O–H groups in total. The first-order valence-electron chi connectivity index (χ1n) is 7.91. The average molecular weight is 360 g/mol. The van der Waals surface area contributed by atoms with Crippen LogP contribution in [0.15, 0.2) is 42.5 Å². The minimum Gasteiger partial charge on any atom is -0.484 e. The molecule has 1 amide bonds. The summed E-state index contributed by atoms with van der Waals surface area (Å²) in [5, 5.41) is 24.3. The molecule has 0 saturated carbocycles. The second-order valence-electron chi connectivity index (χ2n) is 6.59. The number of carbonyl (C=O) groups excluding carboxylic acids is 1. The van der Waals surface area contributed by atoms with Gasteiger partial charge in [-0.1, -0.05) is 0 Å². The summed E-state index contributed by atoms with van der Waals surface area (Å²) < 4.78 is 18.7. The summed E-state index contributed by atoms with van der Waals surface area (Å²) in [5.41, 5.74) is -0.577. The molecule has 0 aromatic heterocycles. The van der Waals surface area contributed by atoms with Crippen LogP contribution in [0.4, 0.5) is 10.1 Å². The highest BCUT2D eigenvalue weighted by Crippen LogP contribution is 2.41. The Morgan fingerprint density at radius 1 is 1.27 bits per heavy atom. The summed E-state index contributed by atoms with van der Waals surface area (Å²) in [7, 11) is 0. The van der Waals surface area contributed by atoms with E-state index >= 15 is 0 Å². The maximum Gasteiger partial charge on any atom is 0.273 e. The average Bonchev–Trinajstić information content (AvgIpc) is 2.58. The van der Waals surface area contributed by atoms with Crippen molar-refractivity contribution in [3.05, 3.63) is 69.5 Å². The van der Waals surface area contributed by atoms with E-state index in [1.54, 1.807) is 13.8 Å². The van der Waals surface area contributed by atoms with Crippen LogP contribution in [-0.4, -0.2) is 27.6 Å². The number of halogens is 1. The van der Waals surface area contributed by atoms with Crippen molar-refractivity contribution < 1.29 is 24.0 Å². The van der Waals surface area contributed by atoms with E-state index in [2.05, 4.69) is 5.32 Å². The molecule has 0 bridgehead atoms. The molecule has 0 saturated heterocycles. The van der Waals surface area contributed by atoms with Gasteiger partial charge in [-0.3, -0.25) is 14.9 Å². The van der Waals surface area contributed by atoms with Crippen LogP contribution in [0.1, 0.15) is 35.8 Å². The number of aliphatic hydroxyl groups excluding tert-OH is 1. The number of nitro benzene ring substituents is 1. The second kappa shape index (κ2) is 6.38. The van der Waals surface area contributed by atoms with Gasteiger partial charge in [0.25, 0.3) is 11.6 Å². The summed E-state index contributed by atoms with van der Waals surface area (Å²) in [6, 6.07) is 8.14. The zero-order valence-electron chi connectivity index (χ0n) is 14.1. The Balaban J connectivity index is 1.96. The molecule has 2 unspecified atom stereocenters. The van der Waals surface area contributed by atoms with Crippen molar-refractivity contribution in [3.8, 4) is 5.75 Å². The van der Waals surface area contributed by atoms with Gasteiger partial charge in [0, 0.05) is 17.2 Å². The molecule has 1 heterocycles. The fraction of sp³-hybridized carbons (Fsp3) is 0.278. The molecule has 0 spiro atoms. The van der Waals surface area contributed by atoms with Gasteiger partial charge in [-0.15, -0.1) is 0 Å². The van der Waals surface area contributed by atoms with Gasteiger partial charge in [-0.2, -0.15) is 0 Å². The molecule has 2 atom stereocenters. The van der Waals surface area contributed by atoms with Gasteiger partial charge in [0.15, 0.2) is 0 Å². The number of carbonyl (C=O) groups is 1. The van der Waals surface area contributed by atoms with Crippen molar-refractivity contribution in [2.75, 3.05) is 0 Å². The largest absolute Gasteiger partial charge is 0.484 e. The van der Waals surface area contributed by atoms with Gasteiger partial charge < -0.3 is 15.2 Å². The molecule has 8 heteroatoms. The summed E-state index contributed by atoms with van der Waals surface area (Å²) in [5.74, 6) is -0.749. The molecule has 136 valence electrons. The molecule has 3 rings (SSSR count).